The maximum atomic E-state index is 13.5. The van der Waals surface area contributed by atoms with Crippen molar-refractivity contribution in [1.82, 2.24) is 4.90 Å². The van der Waals surface area contributed by atoms with E-state index in [0.717, 1.165) is 10.5 Å². The van der Waals surface area contributed by atoms with Crippen LogP contribution in [0.3, 0.4) is 0 Å². The van der Waals surface area contributed by atoms with Crippen molar-refractivity contribution < 1.29 is 34.8 Å². The van der Waals surface area contributed by atoms with Gasteiger partial charge in [-0.15, -0.1) is 0 Å². The zero-order valence-corrected chi connectivity index (χ0v) is 18.6. The van der Waals surface area contributed by atoms with E-state index >= 15 is 0 Å². The molecule has 176 valence electrons. The monoisotopic (exact) mass is 471 g/mol. The Morgan fingerprint density at radius 2 is 1.51 bits per heavy atom. The van der Waals surface area contributed by atoms with E-state index in [-0.39, 0.29) is 46.4 Å². The number of fused-ring (bicyclic) bond motifs is 2. The predicted octanol–water partition coefficient (Wildman–Crippen LogP) is 4.18. The molecule has 0 bridgehead atoms. The molecule has 0 aromatic heterocycles. The van der Waals surface area contributed by atoms with E-state index in [2.05, 4.69) is 0 Å². The van der Waals surface area contributed by atoms with Gasteiger partial charge in [0.15, 0.2) is 23.0 Å². The van der Waals surface area contributed by atoms with Crippen molar-refractivity contribution >= 4 is 22.6 Å². The Hall–Kier alpha value is -4.72. The quantitative estimate of drug-likeness (QED) is 0.254. The number of benzene rings is 4. The normalized spacial score (nSPS) is 12.9. The number of aromatic hydroxyl groups is 4. The number of methoxy groups -OCH3 is 1. The van der Waals surface area contributed by atoms with Crippen LogP contribution in [0.15, 0.2) is 60.7 Å². The van der Waals surface area contributed by atoms with Crippen LogP contribution in [0.5, 0.6) is 28.7 Å². The van der Waals surface area contributed by atoms with E-state index < -0.39 is 11.8 Å². The zero-order chi connectivity index (χ0) is 24.9. The molecular weight excluding hydrogens is 450 g/mol. The highest BCUT2D eigenvalue weighted by atomic mass is 16.5. The molecule has 4 aromatic rings. The number of amides is 2. The number of rotatable bonds is 5. The van der Waals surface area contributed by atoms with Crippen molar-refractivity contribution in [3.8, 4) is 39.9 Å². The number of carbonyl (C=O) groups is 2. The largest absolute Gasteiger partial charge is 0.508 e. The van der Waals surface area contributed by atoms with Gasteiger partial charge >= 0.3 is 0 Å². The molecule has 5 rings (SSSR count). The minimum absolute atomic E-state index is 0.127. The second-order valence-corrected chi connectivity index (χ2v) is 8.30. The molecule has 1 aliphatic heterocycles. The molecule has 0 saturated heterocycles. The first-order valence-corrected chi connectivity index (χ1v) is 10.8. The molecule has 0 aliphatic carbocycles. The summed E-state index contributed by atoms with van der Waals surface area (Å²) in [6.45, 7) is 0.127. The number of phenolic OH excluding ortho intramolecular Hbond substituents is 4. The van der Waals surface area contributed by atoms with Crippen molar-refractivity contribution in [3.05, 3.63) is 77.4 Å². The number of hydrogen-bond donors (Lipinski definition) is 4. The first kappa shape index (κ1) is 22.1. The minimum Gasteiger partial charge on any atom is -0.508 e. The summed E-state index contributed by atoms with van der Waals surface area (Å²) in [4.78, 5) is 28.1. The maximum Gasteiger partial charge on any atom is 0.262 e. The SMILES string of the molecule is COc1cc2cc3c(c(-c4ccc(O)c(O)c4)c2cc1O)C(=O)N(CCc1ccc(O)cc1)C3=O. The fourth-order valence-corrected chi connectivity index (χ4v) is 4.43. The van der Waals surface area contributed by atoms with E-state index in [9.17, 15) is 30.0 Å². The molecule has 2 amide bonds. The minimum atomic E-state index is -0.497. The Kier molecular flexibility index (Phi) is 5.21. The summed E-state index contributed by atoms with van der Waals surface area (Å²) in [5.41, 5.74) is 1.96. The molecule has 0 radical (unpaired) electrons. The van der Waals surface area contributed by atoms with Crippen LogP contribution in [0.2, 0.25) is 0 Å². The van der Waals surface area contributed by atoms with Crippen LogP contribution in [0, 0.1) is 0 Å². The summed E-state index contributed by atoms with van der Waals surface area (Å²) in [7, 11) is 1.41. The van der Waals surface area contributed by atoms with Gasteiger partial charge in [0.1, 0.15) is 5.75 Å². The lowest BCUT2D eigenvalue weighted by Gasteiger charge is -2.15. The summed E-state index contributed by atoms with van der Waals surface area (Å²) in [6.07, 6.45) is 0.398. The molecule has 1 heterocycles. The fourth-order valence-electron chi connectivity index (χ4n) is 4.43. The molecule has 35 heavy (non-hydrogen) atoms. The number of hydrogen-bond acceptors (Lipinski definition) is 7. The van der Waals surface area contributed by atoms with E-state index in [0.29, 0.717) is 28.3 Å². The van der Waals surface area contributed by atoms with Crippen LogP contribution in [0.1, 0.15) is 26.3 Å². The lowest BCUT2D eigenvalue weighted by Crippen LogP contribution is -2.31. The molecule has 0 atom stereocenters. The second-order valence-electron chi connectivity index (χ2n) is 8.30. The number of phenols is 4. The van der Waals surface area contributed by atoms with Gasteiger partial charge in [-0.3, -0.25) is 14.5 Å². The molecule has 0 saturated carbocycles. The van der Waals surface area contributed by atoms with Crippen molar-refractivity contribution in [3.63, 3.8) is 0 Å². The lowest BCUT2D eigenvalue weighted by molar-refractivity contribution is 0.0656. The predicted molar refractivity (Wildman–Crippen MR) is 128 cm³/mol. The molecule has 8 heteroatoms. The highest BCUT2D eigenvalue weighted by Gasteiger charge is 2.38. The van der Waals surface area contributed by atoms with E-state index in [4.69, 9.17) is 4.74 Å². The number of nitrogens with zero attached hydrogens (tertiary/aromatic N) is 1. The van der Waals surface area contributed by atoms with Crippen LogP contribution < -0.4 is 4.74 Å². The third-order valence-electron chi connectivity index (χ3n) is 6.20. The van der Waals surface area contributed by atoms with Gasteiger partial charge in [-0.25, -0.2) is 0 Å². The molecule has 4 aromatic carbocycles. The zero-order valence-electron chi connectivity index (χ0n) is 18.6. The lowest BCUT2D eigenvalue weighted by atomic mass is 9.90. The van der Waals surface area contributed by atoms with Gasteiger partial charge in [-0.2, -0.15) is 0 Å². The molecular formula is C27H21NO7. The third-order valence-corrected chi connectivity index (χ3v) is 6.20. The fraction of sp³-hybridized carbons (Fsp3) is 0.111. The van der Waals surface area contributed by atoms with Crippen LogP contribution >= 0.6 is 0 Å². The van der Waals surface area contributed by atoms with Gasteiger partial charge < -0.3 is 25.2 Å². The molecule has 4 N–H and O–H groups in total. The maximum absolute atomic E-state index is 13.5. The first-order valence-electron chi connectivity index (χ1n) is 10.8. The molecule has 0 fully saturated rings. The number of imide groups is 1. The summed E-state index contributed by atoms with van der Waals surface area (Å²) >= 11 is 0. The van der Waals surface area contributed by atoms with Crippen molar-refractivity contribution in [2.24, 2.45) is 0 Å². The summed E-state index contributed by atoms with van der Waals surface area (Å²) in [5.74, 6) is -1.48. The van der Waals surface area contributed by atoms with Crippen molar-refractivity contribution in [2.45, 2.75) is 6.42 Å². The Morgan fingerprint density at radius 1 is 0.771 bits per heavy atom. The second kappa shape index (κ2) is 8.25. The Balaban J connectivity index is 1.67. The highest BCUT2D eigenvalue weighted by Crippen LogP contribution is 2.44. The topological polar surface area (TPSA) is 128 Å². The smallest absolute Gasteiger partial charge is 0.262 e. The number of ether oxygens (including phenoxy) is 1. The third kappa shape index (κ3) is 3.65. The van der Waals surface area contributed by atoms with Crippen LogP contribution in [-0.2, 0) is 6.42 Å². The van der Waals surface area contributed by atoms with Crippen LogP contribution in [0.25, 0.3) is 21.9 Å². The molecule has 8 nitrogen and oxygen atoms in total. The summed E-state index contributed by atoms with van der Waals surface area (Å²) < 4.78 is 5.21. The van der Waals surface area contributed by atoms with Gasteiger partial charge in [0.2, 0.25) is 0 Å². The Morgan fingerprint density at radius 3 is 2.20 bits per heavy atom. The summed E-state index contributed by atoms with van der Waals surface area (Å²) in [5, 5.41) is 40.9. The van der Waals surface area contributed by atoms with E-state index in [1.165, 1.54) is 31.4 Å². The number of carbonyl (C=O) groups excluding carboxylic acids is 2. The molecule has 0 spiro atoms. The Labute approximate surface area is 199 Å². The van der Waals surface area contributed by atoms with Gasteiger partial charge in [0.25, 0.3) is 11.8 Å². The van der Waals surface area contributed by atoms with Crippen LogP contribution in [0.4, 0.5) is 0 Å². The van der Waals surface area contributed by atoms with Gasteiger partial charge in [-0.1, -0.05) is 18.2 Å². The van der Waals surface area contributed by atoms with E-state index in [1.54, 1.807) is 36.4 Å². The molecule has 0 unspecified atom stereocenters. The standard InChI is InChI=1S/C27H21NO7/c1-35-23-12-16-10-19-25(24(18(16)13-22(23)32)15-4-7-20(30)21(31)11-15)27(34)28(26(19)33)9-8-14-2-5-17(29)6-3-14/h2-7,10-13,29-32H,8-9H2,1H3. The first-order chi connectivity index (χ1) is 16.8. The van der Waals surface area contributed by atoms with Crippen LogP contribution in [-0.4, -0.2) is 50.8 Å². The highest BCUT2D eigenvalue weighted by molar-refractivity contribution is 6.27. The van der Waals surface area contributed by atoms with E-state index in [1.807, 2.05) is 0 Å². The van der Waals surface area contributed by atoms with Gasteiger partial charge in [0, 0.05) is 12.1 Å². The Bertz CT molecular complexity index is 1510. The van der Waals surface area contributed by atoms with Gasteiger partial charge in [0.05, 0.1) is 18.2 Å². The van der Waals surface area contributed by atoms with Crippen molar-refractivity contribution in [2.75, 3.05) is 13.7 Å². The van der Waals surface area contributed by atoms with Crippen molar-refractivity contribution in [1.29, 1.82) is 0 Å². The molecule has 1 aliphatic rings. The average Bonchev–Trinajstić information content (AvgIpc) is 3.08. The van der Waals surface area contributed by atoms with Gasteiger partial charge in [-0.05, 0) is 70.8 Å². The average molecular weight is 471 g/mol. The summed E-state index contributed by atoms with van der Waals surface area (Å²) in [6, 6.07) is 15.3.